The normalized spacial score (nSPS) is 15.1. The van der Waals surface area contributed by atoms with Gasteiger partial charge in [-0.3, -0.25) is 4.79 Å². The van der Waals surface area contributed by atoms with Gasteiger partial charge in [-0.15, -0.1) is 0 Å². The first kappa shape index (κ1) is 18.7. The van der Waals surface area contributed by atoms with Crippen LogP contribution < -0.4 is 10.6 Å². The molecule has 1 aliphatic rings. The van der Waals surface area contributed by atoms with Crippen molar-refractivity contribution in [2.75, 3.05) is 10.6 Å². The number of rotatable bonds is 4. The first-order chi connectivity index (χ1) is 13.9. The summed E-state index contributed by atoms with van der Waals surface area (Å²) in [6.07, 6.45) is 2.81. The molecule has 0 saturated carbocycles. The average Bonchev–Trinajstić information content (AvgIpc) is 3.13. The standard InChI is InChI=1S/C20H14ClFN4O3/c21-15-4-2-1-3-13(15)17-9-16(20(28)29)25-18-14(10-23-26(17)18)19(27)24-12-7-5-11(22)6-8-12/h1-10,17,25H,(H,24,27)(H,28,29). The van der Waals surface area contributed by atoms with E-state index in [1.807, 2.05) is 0 Å². The Kier molecular flexibility index (Phi) is 4.77. The van der Waals surface area contributed by atoms with Gasteiger partial charge in [0, 0.05) is 10.7 Å². The fourth-order valence-electron chi connectivity index (χ4n) is 3.05. The fourth-order valence-corrected chi connectivity index (χ4v) is 3.30. The molecular weight excluding hydrogens is 399 g/mol. The zero-order valence-electron chi connectivity index (χ0n) is 14.8. The van der Waals surface area contributed by atoms with Gasteiger partial charge in [0.25, 0.3) is 5.91 Å². The van der Waals surface area contributed by atoms with Crippen molar-refractivity contribution < 1.29 is 19.1 Å². The first-order valence-electron chi connectivity index (χ1n) is 8.55. The van der Waals surface area contributed by atoms with Gasteiger partial charge in [0.15, 0.2) is 0 Å². The van der Waals surface area contributed by atoms with E-state index in [9.17, 15) is 19.1 Å². The third kappa shape index (κ3) is 3.57. The summed E-state index contributed by atoms with van der Waals surface area (Å²) < 4.78 is 14.6. The molecule has 2 aromatic carbocycles. The summed E-state index contributed by atoms with van der Waals surface area (Å²) in [5.41, 5.74) is 1.07. The number of nitrogens with one attached hydrogen (secondary N) is 2. The van der Waals surface area contributed by atoms with E-state index in [0.717, 1.165) is 0 Å². The third-order valence-electron chi connectivity index (χ3n) is 4.44. The second-order valence-electron chi connectivity index (χ2n) is 6.29. The molecule has 0 spiro atoms. The van der Waals surface area contributed by atoms with E-state index in [2.05, 4.69) is 15.7 Å². The molecule has 3 aromatic rings. The van der Waals surface area contributed by atoms with E-state index in [1.54, 1.807) is 24.3 Å². The Morgan fingerprint density at radius 1 is 1.17 bits per heavy atom. The van der Waals surface area contributed by atoms with E-state index in [4.69, 9.17) is 11.6 Å². The lowest BCUT2D eigenvalue weighted by Gasteiger charge is -2.25. The van der Waals surface area contributed by atoms with Crippen molar-refractivity contribution in [3.05, 3.63) is 88.5 Å². The molecule has 29 heavy (non-hydrogen) atoms. The number of carbonyl (C=O) groups excluding carboxylic acids is 1. The number of allylic oxidation sites excluding steroid dienone is 1. The number of amides is 1. The van der Waals surface area contributed by atoms with Gasteiger partial charge < -0.3 is 15.7 Å². The number of aliphatic carboxylic acids is 1. The molecular formula is C20H14ClFN4O3. The molecule has 4 rings (SSSR count). The second kappa shape index (κ2) is 7.40. The summed E-state index contributed by atoms with van der Waals surface area (Å²) in [4.78, 5) is 24.3. The van der Waals surface area contributed by atoms with Crippen LogP contribution in [0.3, 0.4) is 0 Å². The first-order valence-corrected chi connectivity index (χ1v) is 8.93. The maximum atomic E-state index is 13.1. The van der Waals surface area contributed by atoms with Crippen LogP contribution in [0.1, 0.15) is 22.0 Å². The van der Waals surface area contributed by atoms with Crippen molar-refractivity contribution >= 4 is 35.0 Å². The monoisotopic (exact) mass is 412 g/mol. The number of carbonyl (C=O) groups is 2. The van der Waals surface area contributed by atoms with Crippen molar-refractivity contribution in [1.29, 1.82) is 0 Å². The molecule has 1 atom stereocenters. The third-order valence-corrected chi connectivity index (χ3v) is 4.78. The molecule has 1 aromatic heterocycles. The van der Waals surface area contributed by atoms with Crippen molar-refractivity contribution in [2.45, 2.75) is 6.04 Å². The summed E-state index contributed by atoms with van der Waals surface area (Å²) in [5.74, 6) is -1.91. The molecule has 7 nitrogen and oxygen atoms in total. The van der Waals surface area contributed by atoms with Gasteiger partial charge in [0.2, 0.25) is 0 Å². The average molecular weight is 413 g/mol. The predicted octanol–water partition coefficient (Wildman–Crippen LogP) is 3.91. The number of benzene rings is 2. The maximum absolute atomic E-state index is 13.1. The maximum Gasteiger partial charge on any atom is 0.352 e. The van der Waals surface area contributed by atoms with Crippen LogP contribution in [-0.4, -0.2) is 26.8 Å². The van der Waals surface area contributed by atoms with Crippen molar-refractivity contribution in [3.63, 3.8) is 0 Å². The molecule has 1 amide bonds. The van der Waals surface area contributed by atoms with Crippen LogP contribution in [-0.2, 0) is 4.79 Å². The number of carboxylic acids is 1. The molecule has 0 aliphatic carbocycles. The largest absolute Gasteiger partial charge is 0.477 e. The van der Waals surface area contributed by atoms with Gasteiger partial charge >= 0.3 is 5.97 Å². The van der Waals surface area contributed by atoms with Gasteiger partial charge in [0.05, 0.1) is 6.20 Å². The van der Waals surface area contributed by atoms with Crippen LogP contribution in [0.15, 0.2) is 66.5 Å². The molecule has 146 valence electrons. The van der Waals surface area contributed by atoms with Crippen molar-refractivity contribution in [2.24, 2.45) is 0 Å². The van der Waals surface area contributed by atoms with Gasteiger partial charge in [-0.1, -0.05) is 29.8 Å². The molecule has 1 unspecified atom stereocenters. The highest BCUT2D eigenvalue weighted by Crippen LogP contribution is 2.35. The van der Waals surface area contributed by atoms with Crippen LogP contribution in [0.5, 0.6) is 0 Å². The number of halogens is 2. The van der Waals surface area contributed by atoms with Crippen LogP contribution in [0.4, 0.5) is 15.9 Å². The van der Waals surface area contributed by atoms with E-state index >= 15 is 0 Å². The predicted molar refractivity (Wildman–Crippen MR) is 106 cm³/mol. The van der Waals surface area contributed by atoms with Crippen LogP contribution in [0.25, 0.3) is 0 Å². The lowest BCUT2D eigenvalue weighted by molar-refractivity contribution is -0.132. The minimum atomic E-state index is -1.18. The molecule has 9 heteroatoms. The van der Waals surface area contributed by atoms with Crippen LogP contribution in [0, 0.1) is 5.82 Å². The Labute approximate surface area is 169 Å². The quantitative estimate of drug-likeness (QED) is 0.603. The highest BCUT2D eigenvalue weighted by atomic mass is 35.5. The fraction of sp³-hybridized carbons (Fsp3) is 0.0500. The topological polar surface area (TPSA) is 96.2 Å². The molecule has 2 heterocycles. The summed E-state index contributed by atoms with van der Waals surface area (Å²) in [5, 5.41) is 19.6. The number of hydrogen-bond donors (Lipinski definition) is 3. The Balaban J connectivity index is 1.73. The van der Waals surface area contributed by atoms with Crippen LogP contribution in [0.2, 0.25) is 5.02 Å². The van der Waals surface area contributed by atoms with Gasteiger partial charge in [-0.2, -0.15) is 5.10 Å². The summed E-state index contributed by atoms with van der Waals surface area (Å²) >= 11 is 6.29. The molecule has 3 N–H and O–H groups in total. The zero-order chi connectivity index (χ0) is 20.5. The van der Waals surface area contributed by atoms with E-state index < -0.39 is 23.7 Å². The minimum Gasteiger partial charge on any atom is -0.477 e. The number of fused-ring (bicyclic) bond motifs is 1. The van der Waals surface area contributed by atoms with Gasteiger partial charge in [-0.25, -0.2) is 13.9 Å². The number of carboxylic acid groups (broad SMARTS) is 1. The molecule has 1 aliphatic heterocycles. The smallest absolute Gasteiger partial charge is 0.352 e. The minimum absolute atomic E-state index is 0.0984. The van der Waals surface area contributed by atoms with Gasteiger partial charge in [0.1, 0.15) is 28.9 Å². The summed E-state index contributed by atoms with van der Waals surface area (Å²) in [6, 6.07) is 11.7. The second-order valence-corrected chi connectivity index (χ2v) is 6.70. The number of hydrogen-bond acceptors (Lipinski definition) is 4. The lowest BCUT2D eigenvalue weighted by Crippen LogP contribution is -2.25. The summed E-state index contributed by atoms with van der Waals surface area (Å²) in [6.45, 7) is 0. The van der Waals surface area contributed by atoms with E-state index in [-0.39, 0.29) is 17.1 Å². The van der Waals surface area contributed by atoms with Gasteiger partial charge in [-0.05, 0) is 42.0 Å². The molecule has 0 bridgehead atoms. The summed E-state index contributed by atoms with van der Waals surface area (Å²) in [7, 11) is 0. The van der Waals surface area contributed by atoms with Crippen molar-refractivity contribution in [3.8, 4) is 0 Å². The highest BCUT2D eigenvalue weighted by molar-refractivity contribution is 6.31. The number of aromatic nitrogens is 2. The molecule has 0 fully saturated rings. The Morgan fingerprint density at radius 2 is 1.90 bits per heavy atom. The van der Waals surface area contributed by atoms with E-state index in [1.165, 1.54) is 41.2 Å². The SMILES string of the molecule is O=C(O)C1=CC(c2ccccc2Cl)n2ncc(C(=O)Nc3ccc(F)cc3)c2N1. The number of nitrogens with zero attached hydrogens (tertiary/aromatic N) is 2. The van der Waals surface area contributed by atoms with Crippen molar-refractivity contribution in [1.82, 2.24) is 9.78 Å². The van der Waals surface area contributed by atoms with E-state index in [0.29, 0.717) is 16.3 Å². The molecule has 0 radical (unpaired) electrons. The molecule has 0 saturated heterocycles. The Morgan fingerprint density at radius 3 is 2.59 bits per heavy atom. The van der Waals surface area contributed by atoms with Crippen LogP contribution >= 0.6 is 11.6 Å². The number of anilines is 2. The lowest BCUT2D eigenvalue weighted by atomic mass is 10.0. The Hall–Kier alpha value is -3.65. The highest BCUT2D eigenvalue weighted by Gasteiger charge is 2.30. The Bertz CT molecular complexity index is 1140. The zero-order valence-corrected chi connectivity index (χ0v) is 15.5.